The first-order chi connectivity index (χ1) is 15.6. The van der Waals surface area contributed by atoms with Crippen molar-refractivity contribution in [3.05, 3.63) is 60.2 Å². The number of imidazole rings is 1. The van der Waals surface area contributed by atoms with Crippen molar-refractivity contribution < 1.29 is 18.9 Å². The van der Waals surface area contributed by atoms with E-state index in [0.717, 1.165) is 28.2 Å². The first kappa shape index (κ1) is 21.4. The van der Waals surface area contributed by atoms with Crippen LogP contribution in [-0.2, 0) is 4.74 Å². The first-order valence-corrected chi connectivity index (χ1v) is 9.95. The Morgan fingerprint density at radius 1 is 0.938 bits per heavy atom. The minimum absolute atomic E-state index is 0.511. The summed E-state index contributed by atoms with van der Waals surface area (Å²) in [5.74, 6) is 3.98. The van der Waals surface area contributed by atoms with E-state index in [0.29, 0.717) is 23.1 Å². The zero-order valence-corrected chi connectivity index (χ0v) is 18.6. The standard InChI is InChI=1S/C23H25N5O4/c1-14-26-17-11-15(29-2)9-10-18(17)28(14)21-13-24-20(12-25-21)27-23(32-5)16-7-6-8-19(30-3)22(16)31-4/h6-13,23H,1-5H3,(H,24,27). The number of rotatable bonds is 8. The summed E-state index contributed by atoms with van der Waals surface area (Å²) < 4.78 is 23.8. The van der Waals surface area contributed by atoms with Gasteiger partial charge < -0.3 is 24.3 Å². The Balaban J connectivity index is 1.62. The zero-order chi connectivity index (χ0) is 22.7. The predicted molar refractivity (Wildman–Crippen MR) is 121 cm³/mol. The molecule has 0 saturated carbocycles. The number of benzene rings is 2. The fourth-order valence-electron chi connectivity index (χ4n) is 3.62. The van der Waals surface area contributed by atoms with Crippen molar-refractivity contribution in [1.82, 2.24) is 19.5 Å². The Morgan fingerprint density at radius 3 is 2.44 bits per heavy atom. The lowest BCUT2D eigenvalue weighted by Gasteiger charge is -2.21. The molecule has 0 spiro atoms. The van der Waals surface area contributed by atoms with E-state index in [4.69, 9.17) is 18.9 Å². The Morgan fingerprint density at radius 2 is 1.78 bits per heavy atom. The maximum absolute atomic E-state index is 5.64. The molecule has 0 aliphatic heterocycles. The fourth-order valence-corrected chi connectivity index (χ4v) is 3.62. The number of hydrogen-bond acceptors (Lipinski definition) is 8. The average molecular weight is 435 g/mol. The van der Waals surface area contributed by atoms with Crippen molar-refractivity contribution in [2.24, 2.45) is 0 Å². The Labute approximate surface area is 185 Å². The van der Waals surface area contributed by atoms with Crippen molar-refractivity contribution >= 4 is 16.9 Å². The van der Waals surface area contributed by atoms with Crippen molar-refractivity contribution in [3.63, 3.8) is 0 Å². The van der Waals surface area contributed by atoms with E-state index in [-0.39, 0.29) is 0 Å². The quantitative estimate of drug-likeness (QED) is 0.417. The van der Waals surface area contributed by atoms with Gasteiger partial charge in [0.25, 0.3) is 0 Å². The summed E-state index contributed by atoms with van der Waals surface area (Å²) in [5.41, 5.74) is 2.54. The molecule has 1 atom stereocenters. The van der Waals surface area contributed by atoms with E-state index in [1.54, 1.807) is 40.8 Å². The second-order valence-corrected chi connectivity index (χ2v) is 6.95. The second kappa shape index (κ2) is 9.11. The highest BCUT2D eigenvalue weighted by molar-refractivity contribution is 5.79. The van der Waals surface area contributed by atoms with Crippen LogP contribution in [-0.4, -0.2) is 48.0 Å². The Kier molecular flexibility index (Phi) is 6.09. The number of nitrogens with zero attached hydrogens (tertiary/aromatic N) is 4. The molecule has 2 aromatic carbocycles. The van der Waals surface area contributed by atoms with Crippen LogP contribution in [0.5, 0.6) is 17.2 Å². The summed E-state index contributed by atoms with van der Waals surface area (Å²) in [4.78, 5) is 13.7. The van der Waals surface area contributed by atoms with Gasteiger partial charge in [-0.1, -0.05) is 12.1 Å². The third-order valence-electron chi connectivity index (χ3n) is 5.13. The molecule has 1 unspecified atom stereocenters. The molecule has 0 amide bonds. The van der Waals surface area contributed by atoms with Gasteiger partial charge in [-0.05, 0) is 25.1 Å². The second-order valence-electron chi connectivity index (χ2n) is 6.95. The molecule has 4 rings (SSSR count). The summed E-state index contributed by atoms with van der Waals surface area (Å²) >= 11 is 0. The van der Waals surface area contributed by atoms with Gasteiger partial charge in [-0.25, -0.2) is 15.0 Å². The summed E-state index contributed by atoms with van der Waals surface area (Å²) in [6, 6.07) is 11.4. The van der Waals surface area contributed by atoms with Crippen molar-refractivity contribution in [1.29, 1.82) is 0 Å². The summed E-state index contributed by atoms with van der Waals surface area (Å²) in [5, 5.41) is 3.24. The van der Waals surface area contributed by atoms with Crippen molar-refractivity contribution in [2.75, 3.05) is 33.8 Å². The van der Waals surface area contributed by atoms with Crippen LogP contribution in [0.3, 0.4) is 0 Å². The fraction of sp³-hybridized carbons (Fsp3) is 0.261. The number of aryl methyl sites for hydroxylation is 1. The van der Waals surface area contributed by atoms with E-state index < -0.39 is 6.23 Å². The van der Waals surface area contributed by atoms with Crippen LogP contribution in [0.25, 0.3) is 16.9 Å². The third-order valence-corrected chi connectivity index (χ3v) is 5.13. The number of methoxy groups -OCH3 is 4. The summed E-state index contributed by atoms with van der Waals surface area (Å²) in [7, 11) is 6.43. The highest BCUT2D eigenvalue weighted by atomic mass is 16.5. The van der Waals surface area contributed by atoms with E-state index >= 15 is 0 Å². The molecule has 32 heavy (non-hydrogen) atoms. The molecule has 2 aromatic heterocycles. The molecule has 9 heteroatoms. The molecular weight excluding hydrogens is 410 g/mol. The minimum atomic E-state index is -0.511. The highest BCUT2D eigenvalue weighted by Gasteiger charge is 2.20. The van der Waals surface area contributed by atoms with E-state index in [9.17, 15) is 0 Å². The van der Waals surface area contributed by atoms with Gasteiger partial charge in [0, 0.05) is 18.7 Å². The topological polar surface area (TPSA) is 92.6 Å². The normalized spacial score (nSPS) is 11.9. The molecule has 0 aliphatic carbocycles. The van der Waals surface area contributed by atoms with Crippen LogP contribution in [0, 0.1) is 6.92 Å². The van der Waals surface area contributed by atoms with Gasteiger partial charge in [0.2, 0.25) is 0 Å². The minimum Gasteiger partial charge on any atom is -0.497 e. The van der Waals surface area contributed by atoms with Gasteiger partial charge in [-0.15, -0.1) is 0 Å². The monoisotopic (exact) mass is 435 g/mol. The first-order valence-electron chi connectivity index (χ1n) is 9.95. The van der Waals surface area contributed by atoms with Gasteiger partial charge in [-0.3, -0.25) is 4.57 Å². The number of anilines is 1. The Hall–Kier alpha value is -3.85. The van der Waals surface area contributed by atoms with Crippen LogP contribution in [0.2, 0.25) is 0 Å². The van der Waals surface area contributed by atoms with Crippen LogP contribution in [0.1, 0.15) is 17.6 Å². The molecule has 2 heterocycles. The maximum Gasteiger partial charge on any atom is 0.168 e. The van der Waals surface area contributed by atoms with Gasteiger partial charge in [-0.2, -0.15) is 0 Å². The number of ether oxygens (including phenoxy) is 4. The largest absolute Gasteiger partial charge is 0.497 e. The summed E-state index contributed by atoms with van der Waals surface area (Å²) in [6.45, 7) is 1.93. The van der Waals surface area contributed by atoms with Crippen LogP contribution >= 0.6 is 0 Å². The SMILES string of the molecule is COc1ccc2c(c1)nc(C)n2-c1cnc(NC(OC)c2cccc(OC)c2OC)cn1. The van der Waals surface area contributed by atoms with E-state index in [2.05, 4.69) is 20.3 Å². The molecule has 166 valence electrons. The molecule has 1 N–H and O–H groups in total. The smallest absolute Gasteiger partial charge is 0.168 e. The van der Waals surface area contributed by atoms with Gasteiger partial charge in [0.15, 0.2) is 23.5 Å². The van der Waals surface area contributed by atoms with Crippen LogP contribution < -0.4 is 19.5 Å². The molecule has 0 saturated heterocycles. The predicted octanol–water partition coefficient (Wildman–Crippen LogP) is 3.91. The lowest BCUT2D eigenvalue weighted by atomic mass is 10.1. The lowest BCUT2D eigenvalue weighted by molar-refractivity contribution is 0.123. The average Bonchev–Trinajstić information content (AvgIpc) is 3.16. The number of hydrogen-bond donors (Lipinski definition) is 1. The molecule has 0 bridgehead atoms. The third kappa shape index (κ3) is 3.90. The van der Waals surface area contributed by atoms with Crippen molar-refractivity contribution in [3.8, 4) is 23.1 Å². The summed E-state index contributed by atoms with van der Waals surface area (Å²) in [6.07, 6.45) is 2.84. The van der Waals surface area contributed by atoms with Gasteiger partial charge in [0.1, 0.15) is 17.4 Å². The molecule has 4 aromatic rings. The van der Waals surface area contributed by atoms with Crippen molar-refractivity contribution in [2.45, 2.75) is 13.2 Å². The molecule has 0 fully saturated rings. The number of fused-ring (bicyclic) bond motifs is 1. The molecule has 0 radical (unpaired) electrons. The zero-order valence-electron chi connectivity index (χ0n) is 18.6. The molecular formula is C23H25N5O4. The maximum atomic E-state index is 5.64. The Bertz CT molecular complexity index is 1220. The van der Waals surface area contributed by atoms with Gasteiger partial charge >= 0.3 is 0 Å². The lowest BCUT2D eigenvalue weighted by Crippen LogP contribution is -2.15. The van der Waals surface area contributed by atoms with E-state index in [1.165, 1.54) is 0 Å². The van der Waals surface area contributed by atoms with Gasteiger partial charge in [0.05, 0.1) is 44.8 Å². The molecule has 9 nitrogen and oxygen atoms in total. The highest BCUT2D eigenvalue weighted by Crippen LogP contribution is 2.36. The van der Waals surface area contributed by atoms with Crippen LogP contribution in [0.4, 0.5) is 5.82 Å². The van der Waals surface area contributed by atoms with E-state index in [1.807, 2.05) is 47.9 Å². The number of para-hydroxylation sites is 1. The number of aromatic nitrogens is 4. The van der Waals surface area contributed by atoms with Crippen LogP contribution in [0.15, 0.2) is 48.8 Å². The number of nitrogens with one attached hydrogen (secondary N) is 1. The molecule has 0 aliphatic rings.